The Kier molecular flexibility index (Phi) is 3.44. The first kappa shape index (κ1) is 12.9. The summed E-state index contributed by atoms with van der Waals surface area (Å²) in [5.41, 5.74) is 7.43. The van der Waals surface area contributed by atoms with Crippen molar-refractivity contribution in [1.82, 2.24) is 4.98 Å². The molecule has 19 heavy (non-hydrogen) atoms. The van der Waals surface area contributed by atoms with Crippen LogP contribution in [0.3, 0.4) is 0 Å². The molecule has 2 fully saturated rings. The second kappa shape index (κ2) is 5.08. The number of fused-ring (bicyclic) bond motifs is 2. The number of thiocarbonyl (C=S) groups is 1. The molecule has 1 heterocycles. The molecule has 4 heteroatoms. The third kappa shape index (κ3) is 2.46. The van der Waals surface area contributed by atoms with Crippen LogP contribution in [0.25, 0.3) is 0 Å². The minimum absolute atomic E-state index is 0.364. The third-order valence-electron chi connectivity index (χ3n) is 4.86. The summed E-state index contributed by atoms with van der Waals surface area (Å²) in [5.74, 6) is 2.68. The van der Waals surface area contributed by atoms with E-state index in [1.807, 2.05) is 12.1 Å². The molecule has 4 atom stereocenters. The number of nitrogens with zero attached hydrogens (tertiary/aromatic N) is 1. The molecule has 1 aromatic rings. The predicted molar refractivity (Wildman–Crippen MR) is 82.1 cm³/mol. The minimum atomic E-state index is 0.364. The molecule has 1 aromatic heterocycles. The fourth-order valence-corrected chi connectivity index (χ4v) is 4.14. The van der Waals surface area contributed by atoms with Crippen molar-refractivity contribution in [1.29, 1.82) is 0 Å². The fraction of sp³-hybridized carbons (Fsp3) is 0.600. The zero-order valence-corrected chi connectivity index (χ0v) is 12.1. The van der Waals surface area contributed by atoms with Gasteiger partial charge in [0.25, 0.3) is 0 Å². The maximum Gasteiger partial charge on any atom is 0.124 e. The Bertz CT molecular complexity index is 488. The molecule has 2 saturated carbocycles. The largest absolute Gasteiger partial charge is 0.388 e. The van der Waals surface area contributed by atoms with Crippen molar-refractivity contribution in [2.24, 2.45) is 23.5 Å². The Hall–Kier alpha value is -1.16. The highest BCUT2D eigenvalue weighted by molar-refractivity contribution is 7.80. The van der Waals surface area contributed by atoms with E-state index >= 15 is 0 Å². The Labute approximate surface area is 120 Å². The molecule has 0 saturated heterocycles. The summed E-state index contributed by atoms with van der Waals surface area (Å²) in [5, 5.41) is 3.59. The fourth-order valence-electron chi connectivity index (χ4n) is 3.98. The molecule has 0 amide bonds. The van der Waals surface area contributed by atoms with Gasteiger partial charge in [-0.1, -0.05) is 18.6 Å². The van der Waals surface area contributed by atoms with Gasteiger partial charge in [-0.2, -0.15) is 0 Å². The van der Waals surface area contributed by atoms with E-state index in [1.165, 1.54) is 25.7 Å². The lowest BCUT2D eigenvalue weighted by Gasteiger charge is -2.29. The predicted octanol–water partition coefficient (Wildman–Crippen LogP) is 2.95. The van der Waals surface area contributed by atoms with Gasteiger partial charge in [0, 0.05) is 12.2 Å². The average molecular weight is 275 g/mol. The molecular weight excluding hydrogens is 254 g/mol. The molecule has 2 bridgehead atoms. The van der Waals surface area contributed by atoms with Crippen LogP contribution in [-0.4, -0.2) is 16.0 Å². The summed E-state index contributed by atoms with van der Waals surface area (Å²) >= 11 is 5.07. The zero-order valence-electron chi connectivity index (χ0n) is 11.3. The standard InChI is InChI=1S/C15H21N3S/c1-9(12-8-10-4-5-11(12)7-10)18-13-3-2-6-17-14(13)15(16)19/h2-3,6,9-12,18H,4-5,7-8H2,1H3,(H2,16,19). The highest BCUT2D eigenvalue weighted by Gasteiger charge is 2.41. The van der Waals surface area contributed by atoms with Gasteiger partial charge in [-0.05, 0) is 56.1 Å². The summed E-state index contributed by atoms with van der Waals surface area (Å²) in [7, 11) is 0. The van der Waals surface area contributed by atoms with Crippen LogP contribution < -0.4 is 11.1 Å². The van der Waals surface area contributed by atoms with Gasteiger partial charge in [-0.25, -0.2) is 0 Å². The highest BCUT2D eigenvalue weighted by Crippen LogP contribution is 2.49. The van der Waals surface area contributed by atoms with Gasteiger partial charge < -0.3 is 11.1 Å². The van der Waals surface area contributed by atoms with Crippen LogP contribution >= 0.6 is 12.2 Å². The van der Waals surface area contributed by atoms with Crippen molar-refractivity contribution in [2.75, 3.05) is 5.32 Å². The lowest BCUT2D eigenvalue weighted by atomic mass is 9.84. The molecule has 3 rings (SSSR count). The average Bonchev–Trinajstić information content (AvgIpc) is 3.01. The summed E-state index contributed by atoms with van der Waals surface area (Å²) in [6.07, 6.45) is 7.41. The molecule has 3 N–H and O–H groups in total. The first-order valence-corrected chi connectivity index (χ1v) is 7.57. The lowest BCUT2D eigenvalue weighted by molar-refractivity contribution is 0.304. The van der Waals surface area contributed by atoms with Gasteiger partial charge in [-0.3, -0.25) is 4.98 Å². The molecule has 3 nitrogen and oxygen atoms in total. The maximum atomic E-state index is 5.73. The number of rotatable bonds is 4. The van der Waals surface area contributed by atoms with Crippen LogP contribution in [0.1, 0.15) is 38.3 Å². The number of nitrogens with two attached hydrogens (primary N) is 1. The Morgan fingerprint density at radius 1 is 1.47 bits per heavy atom. The molecule has 2 aliphatic rings. The van der Waals surface area contributed by atoms with Gasteiger partial charge in [0.15, 0.2) is 0 Å². The van der Waals surface area contributed by atoms with Gasteiger partial charge in [-0.15, -0.1) is 0 Å². The second-order valence-electron chi connectivity index (χ2n) is 6.04. The van der Waals surface area contributed by atoms with Crippen molar-refractivity contribution < 1.29 is 0 Å². The van der Waals surface area contributed by atoms with E-state index in [-0.39, 0.29) is 0 Å². The van der Waals surface area contributed by atoms with Crippen LogP contribution in [0.15, 0.2) is 18.3 Å². The molecule has 0 aliphatic heterocycles. The number of aromatic nitrogens is 1. The zero-order chi connectivity index (χ0) is 13.4. The van der Waals surface area contributed by atoms with Crippen LogP contribution in [0.5, 0.6) is 0 Å². The quantitative estimate of drug-likeness (QED) is 0.830. The van der Waals surface area contributed by atoms with Crippen LogP contribution in [0.2, 0.25) is 0 Å². The molecule has 4 unspecified atom stereocenters. The Balaban J connectivity index is 1.73. The van der Waals surface area contributed by atoms with Crippen molar-refractivity contribution in [3.63, 3.8) is 0 Å². The van der Waals surface area contributed by atoms with E-state index in [0.717, 1.165) is 23.4 Å². The molecule has 0 spiro atoms. The topological polar surface area (TPSA) is 50.9 Å². The van der Waals surface area contributed by atoms with Crippen molar-refractivity contribution in [3.05, 3.63) is 24.0 Å². The number of hydrogen-bond acceptors (Lipinski definition) is 3. The normalized spacial score (nSPS) is 30.3. The summed E-state index contributed by atoms with van der Waals surface area (Å²) in [6.45, 7) is 2.28. The first-order valence-electron chi connectivity index (χ1n) is 7.16. The van der Waals surface area contributed by atoms with E-state index in [9.17, 15) is 0 Å². The van der Waals surface area contributed by atoms with Gasteiger partial charge in [0.2, 0.25) is 0 Å². The smallest absolute Gasteiger partial charge is 0.124 e. The molecule has 2 aliphatic carbocycles. The Morgan fingerprint density at radius 2 is 2.32 bits per heavy atom. The van der Waals surface area contributed by atoms with Crippen LogP contribution in [0.4, 0.5) is 5.69 Å². The van der Waals surface area contributed by atoms with Crippen molar-refractivity contribution >= 4 is 22.9 Å². The number of pyridine rings is 1. The molecule has 102 valence electrons. The van der Waals surface area contributed by atoms with Gasteiger partial charge in [0.1, 0.15) is 10.7 Å². The summed E-state index contributed by atoms with van der Waals surface area (Å²) in [6, 6.07) is 4.41. The van der Waals surface area contributed by atoms with Crippen LogP contribution in [-0.2, 0) is 0 Å². The molecule has 0 radical (unpaired) electrons. The monoisotopic (exact) mass is 275 g/mol. The molecule has 0 aromatic carbocycles. The maximum absolute atomic E-state index is 5.73. The third-order valence-corrected chi connectivity index (χ3v) is 5.05. The number of nitrogens with one attached hydrogen (secondary N) is 1. The summed E-state index contributed by atoms with van der Waals surface area (Å²) in [4.78, 5) is 4.64. The lowest BCUT2D eigenvalue weighted by Crippen LogP contribution is -2.31. The molecular formula is C15H21N3S. The number of anilines is 1. The summed E-state index contributed by atoms with van der Waals surface area (Å²) < 4.78 is 0. The highest BCUT2D eigenvalue weighted by atomic mass is 32.1. The van der Waals surface area contributed by atoms with Crippen LogP contribution in [0, 0.1) is 17.8 Å². The van der Waals surface area contributed by atoms with Crippen molar-refractivity contribution in [3.8, 4) is 0 Å². The SMILES string of the molecule is CC(Nc1cccnc1C(N)=S)C1CC2CCC1C2. The van der Waals surface area contributed by atoms with E-state index in [2.05, 4.69) is 17.2 Å². The number of hydrogen-bond donors (Lipinski definition) is 2. The van der Waals surface area contributed by atoms with E-state index in [4.69, 9.17) is 18.0 Å². The van der Waals surface area contributed by atoms with E-state index in [0.29, 0.717) is 16.7 Å². The second-order valence-corrected chi connectivity index (χ2v) is 6.48. The Morgan fingerprint density at radius 3 is 2.95 bits per heavy atom. The van der Waals surface area contributed by atoms with E-state index in [1.54, 1.807) is 6.20 Å². The van der Waals surface area contributed by atoms with Gasteiger partial charge >= 0.3 is 0 Å². The van der Waals surface area contributed by atoms with Gasteiger partial charge in [0.05, 0.1) is 5.69 Å². The minimum Gasteiger partial charge on any atom is -0.388 e. The van der Waals surface area contributed by atoms with E-state index < -0.39 is 0 Å². The first-order chi connectivity index (χ1) is 9.15. The van der Waals surface area contributed by atoms with Crippen molar-refractivity contribution in [2.45, 2.75) is 38.6 Å².